The van der Waals surface area contributed by atoms with Crippen LogP contribution < -0.4 is 5.32 Å². The average molecular weight is 269 g/mol. The number of benzene rings is 1. The minimum Gasteiger partial charge on any atom is -0.469 e. The largest absolute Gasteiger partial charge is 0.469 e. The van der Waals surface area contributed by atoms with Gasteiger partial charge in [-0.2, -0.15) is 0 Å². The van der Waals surface area contributed by atoms with Crippen molar-refractivity contribution in [2.75, 3.05) is 0 Å². The van der Waals surface area contributed by atoms with Crippen molar-refractivity contribution >= 4 is 11.0 Å². The number of aromatic nitrogens is 2. The minimum absolute atomic E-state index is 0.173. The maximum atomic E-state index is 5.38. The Morgan fingerprint density at radius 1 is 1.20 bits per heavy atom. The van der Waals surface area contributed by atoms with Gasteiger partial charge in [0.1, 0.15) is 11.6 Å². The van der Waals surface area contributed by atoms with Crippen LogP contribution in [0.25, 0.3) is 11.0 Å². The number of para-hydroxylation sites is 2. The van der Waals surface area contributed by atoms with Crippen molar-refractivity contribution in [2.45, 2.75) is 32.4 Å². The molecular weight excluding hydrogens is 250 g/mol. The third-order valence-corrected chi connectivity index (χ3v) is 3.44. The summed E-state index contributed by atoms with van der Waals surface area (Å²) in [5, 5.41) is 3.54. The first-order valence-corrected chi connectivity index (χ1v) is 6.95. The summed E-state index contributed by atoms with van der Waals surface area (Å²) < 4.78 is 5.38. The molecule has 0 bridgehead atoms. The molecule has 104 valence electrons. The summed E-state index contributed by atoms with van der Waals surface area (Å²) >= 11 is 0. The van der Waals surface area contributed by atoms with E-state index in [1.54, 1.807) is 6.26 Å². The quantitative estimate of drug-likeness (QED) is 0.746. The van der Waals surface area contributed by atoms with Gasteiger partial charge in [-0.25, -0.2) is 4.98 Å². The SMILES string of the molecule is CC(Cc1ccco1)NC(C)c1nc2ccccc2[nH]1. The standard InChI is InChI=1S/C16H19N3O/c1-11(10-13-6-5-9-20-13)17-12(2)16-18-14-7-3-4-8-15(14)19-16/h3-9,11-12,17H,10H2,1-2H3,(H,18,19). The predicted octanol–water partition coefficient (Wildman–Crippen LogP) is 3.44. The molecule has 0 spiro atoms. The van der Waals surface area contributed by atoms with Gasteiger partial charge in [-0.3, -0.25) is 0 Å². The fourth-order valence-electron chi connectivity index (χ4n) is 2.47. The van der Waals surface area contributed by atoms with Gasteiger partial charge < -0.3 is 14.7 Å². The lowest BCUT2D eigenvalue weighted by Crippen LogP contribution is -2.31. The first-order chi connectivity index (χ1) is 9.72. The molecule has 2 atom stereocenters. The molecule has 2 aromatic heterocycles. The second-order valence-electron chi connectivity index (χ2n) is 5.21. The number of nitrogens with zero attached hydrogens (tertiary/aromatic N) is 1. The Hall–Kier alpha value is -2.07. The number of furan rings is 1. The number of nitrogens with one attached hydrogen (secondary N) is 2. The highest BCUT2D eigenvalue weighted by Gasteiger charge is 2.14. The zero-order valence-corrected chi connectivity index (χ0v) is 11.8. The van der Waals surface area contributed by atoms with Gasteiger partial charge >= 0.3 is 0 Å². The van der Waals surface area contributed by atoms with Crippen LogP contribution in [-0.2, 0) is 6.42 Å². The van der Waals surface area contributed by atoms with Crippen LogP contribution in [-0.4, -0.2) is 16.0 Å². The Bertz CT molecular complexity index is 639. The van der Waals surface area contributed by atoms with E-state index >= 15 is 0 Å². The van der Waals surface area contributed by atoms with Crippen molar-refractivity contribution in [3.05, 3.63) is 54.2 Å². The van der Waals surface area contributed by atoms with Crippen LogP contribution in [0.3, 0.4) is 0 Å². The molecule has 4 nitrogen and oxygen atoms in total. The van der Waals surface area contributed by atoms with Crippen LogP contribution in [0.2, 0.25) is 0 Å². The lowest BCUT2D eigenvalue weighted by Gasteiger charge is -2.17. The fraction of sp³-hybridized carbons (Fsp3) is 0.312. The first-order valence-electron chi connectivity index (χ1n) is 6.95. The summed E-state index contributed by atoms with van der Waals surface area (Å²) in [4.78, 5) is 7.98. The van der Waals surface area contributed by atoms with Gasteiger partial charge in [0, 0.05) is 12.5 Å². The highest BCUT2D eigenvalue weighted by Crippen LogP contribution is 2.16. The van der Waals surface area contributed by atoms with Crippen molar-refractivity contribution in [1.29, 1.82) is 0 Å². The molecule has 2 heterocycles. The second kappa shape index (κ2) is 5.51. The summed E-state index contributed by atoms with van der Waals surface area (Å²) in [6, 6.07) is 12.5. The number of aromatic amines is 1. The van der Waals surface area contributed by atoms with E-state index in [9.17, 15) is 0 Å². The first kappa shape index (κ1) is 12.9. The number of hydrogen-bond acceptors (Lipinski definition) is 3. The second-order valence-corrected chi connectivity index (χ2v) is 5.21. The molecule has 0 saturated heterocycles. The number of imidazole rings is 1. The third kappa shape index (κ3) is 2.75. The molecule has 20 heavy (non-hydrogen) atoms. The summed E-state index contributed by atoms with van der Waals surface area (Å²) in [6.07, 6.45) is 2.59. The number of fused-ring (bicyclic) bond motifs is 1. The molecule has 0 radical (unpaired) electrons. The smallest absolute Gasteiger partial charge is 0.124 e. The third-order valence-electron chi connectivity index (χ3n) is 3.44. The topological polar surface area (TPSA) is 53.9 Å². The van der Waals surface area contributed by atoms with E-state index < -0.39 is 0 Å². The number of hydrogen-bond donors (Lipinski definition) is 2. The van der Waals surface area contributed by atoms with Gasteiger partial charge in [0.2, 0.25) is 0 Å². The van der Waals surface area contributed by atoms with Crippen molar-refractivity contribution in [1.82, 2.24) is 15.3 Å². The molecule has 2 N–H and O–H groups in total. The van der Waals surface area contributed by atoms with Gasteiger partial charge in [-0.1, -0.05) is 12.1 Å². The van der Waals surface area contributed by atoms with Crippen LogP contribution >= 0.6 is 0 Å². The average Bonchev–Trinajstić information content (AvgIpc) is 3.06. The maximum absolute atomic E-state index is 5.38. The molecule has 0 fully saturated rings. The minimum atomic E-state index is 0.173. The van der Waals surface area contributed by atoms with Crippen LogP contribution in [0.5, 0.6) is 0 Å². The van der Waals surface area contributed by atoms with E-state index in [1.807, 2.05) is 36.4 Å². The number of H-pyrrole nitrogens is 1. The highest BCUT2D eigenvalue weighted by atomic mass is 16.3. The molecule has 0 saturated carbocycles. The Kier molecular flexibility index (Phi) is 3.56. The molecular formula is C16H19N3O. The highest BCUT2D eigenvalue weighted by molar-refractivity contribution is 5.74. The van der Waals surface area contributed by atoms with Crippen LogP contribution in [0.1, 0.15) is 31.5 Å². The van der Waals surface area contributed by atoms with Crippen molar-refractivity contribution in [3.63, 3.8) is 0 Å². The molecule has 0 aliphatic rings. The molecule has 1 aromatic carbocycles. The molecule has 0 amide bonds. The zero-order valence-electron chi connectivity index (χ0n) is 11.8. The summed E-state index contributed by atoms with van der Waals surface area (Å²) in [5.41, 5.74) is 2.09. The van der Waals surface area contributed by atoms with Gasteiger partial charge in [-0.15, -0.1) is 0 Å². The number of rotatable bonds is 5. The molecule has 0 aliphatic heterocycles. The van der Waals surface area contributed by atoms with Gasteiger partial charge in [0.25, 0.3) is 0 Å². The van der Waals surface area contributed by atoms with Crippen LogP contribution in [0.15, 0.2) is 47.1 Å². The Morgan fingerprint density at radius 3 is 2.80 bits per heavy atom. The Balaban J connectivity index is 1.67. The zero-order chi connectivity index (χ0) is 13.9. The van der Waals surface area contributed by atoms with E-state index in [1.165, 1.54) is 0 Å². The van der Waals surface area contributed by atoms with Crippen LogP contribution in [0.4, 0.5) is 0 Å². The van der Waals surface area contributed by atoms with Gasteiger partial charge in [0.05, 0.1) is 23.3 Å². The Morgan fingerprint density at radius 2 is 2.05 bits per heavy atom. The maximum Gasteiger partial charge on any atom is 0.124 e. The molecule has 2 unspecified atom stereocenters. The summed E-state index contributed by atoms with van der Waals surface area (Å²) in [5.74, 6) is 1.97. The van der Waals surface area contributed by atoms with Gasteiger partial charge in [0.15, 0.2) is 0 Å². The van der Waals surface area contributed by atoms with E-state index in [2.05, 4.69) is 29.1 Å². The van der Waals surface area contributed by atoms with Crippen molar-refractivity contribution in [3.8, 4) is 0 Å². The summed E-state index contributed by atoms with van der Waals surface area (Å²) in [7, 11) is 0. The predicted molar refractivity (Wildman–Crippen MR) is 79.5 cm³/mol. The van der Waals surface area contributed by atoms with E-state index in [-0.39, 0.29) is 6.04 Å². The lowest BCUT2D eigenvalue weighted by molar-refractivity contribution is 0.422. The summed E-state index contributed by atoms with van der Waals surface area (Å²) in [6.45, 7) is 4.28. The molecule has 4 heteroatoms. The molecule has 3 rings (SSSR count). The van der Waals surface area contributed by atoms with E-state index in [0.717, 1.165) is 29.0 Å². The molecule has 3 aromatic rings. The van der Waals surface area contributed by atoms with Crippen molar-refractivity contribution in [2.24, 2.45) is 0 Å². The van der Waals surface area contributed by atoms with Gasteiger partial charge in [-0.05, 0) is 38.1 Å². The monoisotopic (exact) mass is 269 g/mol. The normalized spacial score (nSPS) is 14.5. The fourth-order valence-corrected chi connectivity index (χ4v) is 2.47. The van der Waals surface area contributed by atoms with Crippen LogP contribution in [0, 0.1) is 0 Å². The van der Waals surface area contributed by atoms with Crippen molar-refractivity contribution < 1.29 is 4.42 Å². The Labute approximate surface area is 118 Å². The lowest BCUT2D eigenvalue weighted by atomic mass is 10.1. The van der Waals surface area contributed by atoms with E-state index in [4.69, 9.17) is 4.42 Å². The van der Waals surface area contributed by atoms with E-state index in [0.29, 0.717) is 6.04 Å². The molecule has 0 aliphatic carbocycles.